The smallest absolute Gasteiger partial charge is 0.223 e. The second-order valence-corrected chi connectivity index (χ2v) is 5.21. The van der Waals surface area contributed by atoms with Crippen molar-refractivity contribution in [3.63, 3.8) is 0 Å². The monoisotopic (exact) mass is 293 g/mol. The minimum atomic E-state index is 0.199. The lowest BCUT2D eigenvalue weighted by Gasteiger charge is -2.29. The first-order chi connectivity index (χ1) is 10.1. The molecule has 0 bridgehead atoms. The first-order valence-corrected chi connectivity index (χ1v) is 7.57. The molecule has 0 aliphatic heterocycles. The molecule has 21 heavy (non-hydrogen) atoms. The number of rotatable bonds is 8. The summed E-state index contributed by atoms with van der Waals surface area (Å²) < 4.78 is 10.6. The van der Waals surface area contributed by atoms with Crippen LogP contribution in [0, 0.1) is 0 Å². The second-order valence-electron chi connectivity index (χ2n) is 5.21. The number of nitrogens with zero attached hydrogens (tertiary/aromatic N) is 1. The minimum absolute atomic E-state index is 0.199. The number of methoxy groups -OCH3 is 2. The van der Waals surface area contributed by atoms with Gasteiger partial charge in [-0.05, 0) is 31.9 Å². The highest BCUT2D eigenvalue weighted by atomic mass is 16.5. The Kier molecular flexibility index (Phi) is 7.06. The fourth-order valence-corrected chi connectivity index (χ4v) is 2.23. The Morgan fingerprint density at radius 3 is 2.48 bits per heavy atom. The summed E-state index contributed by atoms with van der Waals surface area (Å²) in [4.78, 5) is 14.3. The average Bonchev–Trinajstić information content (AvgIpc) is 2.51. The molecule has 0 aromatic heterocycles. The topological polar surface area (TPSA) is 38.8 Å². The maximum atomic E-state index is 12.3. The number of amides is 1. The van der Waals surface area contributed by atoms with E-state index in [0.717, 1.165) is 29.9 Å². The van der Waals surface area contributed by atoms with E-state index in [4.69, 9.17) is 9.47 Å². The van der Waals surface area contributed by atoms with Crippen molar-refractivity contribution in [3.05, 3.63) is 23.8 Å². The molecule has 0 radical (unpaired) electrons. The molecule has 1 rings (SSSR count). The summed E-state index contributed by atoms with van der Waals surface area (Å²) in [5.74, 6) is 1.71. The molecule has 4 heteroatoms. The lowest BCUT2D eigenvalue weighted by Crippen LogP contribution is -2.37. The van der Waals surface area contributed by atoms with Gasteiger partial charge in [0, 0.05) is 30.6 Å². The Morgan fingerprint density at radius 1 is 1.24 bits per heavy atom. The van der Waals surface area contributed by atoms with Crippen molar-refractivity contribution in [2.45, 2.75) is 52.6 Å². The Balaban J connectivity index is 2.99. The standard InChI is InChI=1S/C17H27NO3/c1-6-8-17(19)18(13(3)7-2)12-14-9-10-15(20-4)11-16(14)21-5/h9-11,13H,6-8,12H2,1-5H3. The van der Waals surface area contributed by atoms with Gasteiger partial charge in [-0.2, -0.15) is 0 Å². The molecular weight excluding hydrogens is 266 g/mol. The van der Waals surface area contributed by atoms with E-state index in [2.05, 4.69) is 13.8 Å². The molecule has 0 saturated heterocycles. The molecule has 0 N–H and O–H groups in total. The van der Waals surface area contributed by atoms with Crippen LogP contribution in [0.2, 0.25) is 0 Å². The summed E-state index contributed by atoms with van der Waals surface area (Å²) >= 11 is 0. The molecule has 0 saturated carbocycles. The maximum absolute atomic E-state index is 12.3. The Labute approximate surface area is 128 Å². The van der Waals surface area contributed by atoms with Crippen LogP contribution in [-0.2, 0) is 11.3 Å². The van der Waals surface area contributed by atoms with E-state index < -0.39 is 0 Å². The van der Waals surface area contributed by atoms with Gasteiger partial charge in [0.05, 0.1) is 14.2 Å². The number of benzene rings is 1. The van der Waals surface area contributed by atoms with Crippen molar-refractivity contribution in [1.82, 2.24) is 4.90 Å². The number of carbonyl (C=O) groups excluding carboxylic acids is 1. The molecule has 118 valence electrons. The van der Waals surface area contributed by atoms with Crippen LogP contribution in [0.15, 0.2) is 18.2 Å². The Bertz CT molecular complexity index is 459. The molecule has 1 atom stereocenters. The lowest BCUT2D eigenvalue weighted by atomic mass is 10.1. The van der Waals surface area contributed by atoms with Gasteiger partial charge in [0.25, 0.3) is 0 Å². The zero-order chi connectivity index (χ0) is 15.8. The predicted octanol–water partition coefficient (Wildman–Crippen LogP) is 3.63. The number of ether oxygens (including phenoxy) is 2. The van der Waals surface area contributed by atoms with Gasteiger partial charge in [-0.1, -0.05) is 13.8 Å². The molecule has 1 aromatic carbocycles. The number of hydrogen-bond acceptors (Lipinski definition) is 3. The van der Waals surface area contributed by atoms with Gasteiger partial charge in [-0.15, -0.1) is 0 Å². The summed E-state index contributed by atoms with van der Waals surface area (Å²) in [6, 6.07) is 5.94. The number of carbonyl (C=O) groups is 1. The van der Waals surface area contributed by atoms with Gasteiger partial charge in [0.15, 0.2) is 0 Å². The van der Waals surface area contributed by atoms with Gasteiger partial charge >= 0.3 is 0 Å². The highest BCUT2D eigenvalue weighted by molar-refractivity contribution is 5.76. The van der Waals surface area contributed by atoms with Crippen molar-refractivity contribution in [3.8, 4) is 11.5 Å². The normalized spacial score (nSPS) is 11.9. The van der Waals surface area contributed by atoms with E-state index in [-0.39, 0.29) is 11.9 Å². The summed E-state index contributed by atoms with van der Waals surface area (Å²) in [5, 5.41) is 0. The number of hydrogen-bond donors (Lipinski definition) is 0. The third kappa shape index (κ3) is 4.66. The second kappa shape index (κ2) is 8.55. The average molecular weight is 293 g/mol. The third-order valence-corrected chi connectivity index (χ3v) is 3.74. The summed E-state index contributed by atoms with van der Waals surface area (Å²) in [5.41, 5.74) is 1.00. The Morgan fingerprint density at radius 2 is 1.95 bits per heavy atom. The van der Waals surface area contributed by atoms with Gasteiger partial charge in [0.2, 0.25) is 5.91 Å². The van der Waals surface area contributed by atoms with Crippen LogP contribution >= 0.6 is 0 Å². The van der Waals surface area contributed by atoms with E-state index in [0.29, 0.717) is 13.0 Å². The zero-order valence-corrected chi connectivity index (χ0v) is 13.8. The molecule has 0 aliphatic rings. The van der Waals surface area contributed by atoms with E-state index in [1.54, 1.807) is 14.2 Å². The van der Waals surface area contributed by atoms with Crippen LogP contribution in [-0.4, -0.2) is 31.1 Å². The van der Waals surface area contributed by atoms with Crippen LogP contribution in [0.5, 0.6) is 11.5 Å². The SMILES string of the molecule is CCCC(=O)N(Cc1ccc(OC)cc1OC)C(C)CC. The highest BCUT2D eigenvalue weighted by Crippen LogP contribution is 2.26. The summed E-state index contributed by atoms with van der Waals surface area (Å²) in [6.07, 6.45) is 2.39. The van der Waals surface area contributed by atoms with Crippen LogP contribution in [0.25, 0.3) is 0 Å². The molecule has 0 heterocycles. The zero-order valence-electron chi connectivity index (χ0n) is 13.8. The van der Waals surface area contributed by atoms with E-state index in [9.17, 15) is 4.79 Å². The fraction of sp³-hybridized carbons (Fsp3) is 0.588. The van der Waals surface area contributed by atoms with Crippen LogP contribution < -0.4 is 9.47 Å². The lowest BCUT2D eigenvalue weighted by molar-refractivity contribution is -0.134. The molecule has 0 aliphatic carbocycles. The summed E-state index contributed by atoms with van der Waals surface area (Å²) in [6.45, 7) is 6.79. The van der Waals surface area contributed by atoms with Crippen LogP contribution in [0.4, 0.5) is 0 Å². The van der Waals surface area contributed by atoms with Gasteiger partial charge in [0.1, 0.15) is 11.5 Å². The van der Waals surface area contributed by atoms with Crippen molar-refractivity contribution >= 4 is 5.91 Å². The predicted molar refractivity (Wildman–Crippen MR) is 84.8 cm³/mol. The fourth-order valence-electron chi connectivity index (χ4n) is 2.23. The largest absolute Gasteiger partial charge is 0.497 e. The molecule has 4 nitrogen and oxygen atoms in total. The molecule has 0 fully saturated rings. The molecule has 1 aromatic rings. The molecular formula is C17H27NO3. The van der Waals surface area contributed by atoms with Gasteiger partial charge in [-0.25, -0.2) is 0 Å². The highest BCUT2D eigenvalue weighted by Gasteiger charge is 2.20. The van der Waals surface area contributed by atoms with Crippen molar-refractivity contribution in [1.29, 1.82) is 0 Å². The molecule has 1 unspecified atom stereocenters. The van der Waals surface area contributed by atoms with Gasteiger partial charge in [-0.3, -0.25) is 4.79 Å². The van der Waals surface area contributed by atoms with E-state index in [1.807, 2.05) is 30.0 Å². The van der Waals surface area contributed by atoms with Crippen molar-refractivity contribution in [2.75, 3.05) is 14.2 Å². The van der Waals surface area contributed by atoms with Gasteiger partial charge < -0.3 is 14.4 Å². The molecule has 1 amide bonds. The third-order valence-electron chi connectivity index (χ3n) is 3.74. The first-order valence-electron chi connectivity index (χ1n) is 7.57. The molecule has 0 spiro atoms. The first kappa shape index (κ1) is 17.3. The van der Waals surface area contributed by atoms with E-state index >= 15 is 0 Å². The Hall–Kier alpha value is -1.71. The minimum Gasteiger partial charge on any atom is -0.497 e. The summed E-state index contributed by atoms with van der Waals surface area (Å²) in [7, 11) is 3.27. The van der Waals surface area contributed by atoms with Crippen molar-refractivity contribution in [2.24, 2.45) is 0 Å². The van der Waals surface area contributed by atoms with Crippen molar-refractivity contribution < 1.29 is 14.3 Å². The van der Waals surface area contributed by atoms with E-state index in [1.165, 1.54) is 0 Å². The maximum Gasteiger partial charge on any atom is 0.223 e. The van der Waals surface area contributed by atoms with Crippen LogP contribution in [0.1, 0.15) is 45.6 Å². The quantitative estimate of drug-likeness (QED) is 0.734. The van der Waals surface area contributed by atoms with Crippen LogP contribution in [0.3, 0.4) is 0 Å².